The molecule has 110 valence electrons. The number of anilines is 1. The number of carbonyl (C=O) groups is 1. The first-order valence-corrected chi connectivity index (χ1v) is 6.54. The molecule has 20 heavy (non-hydrogen) atoms. The molecule has 1 saturated carbocycles. The Kier molecular flexibility index (Phi) is 6.77. The summed E-state index contributed by atoms with van der Waals surface area (Å²) in [6.07, 6.45) is 2.45. The summed E-state index contributed by atoms with van der Waals surface area (Å²) in [5, 5.41) is 5.81. The maximum absolute atomic E-state index is 11.5. The minimum atomic E-state index is -0.0825. The number of hydrogen-bond donors (Lipinski definition) is 3. The van der Waals surface area contributed by atoms with E-state index >= 15 is 0 Å². The van der Waals surface area contributed by atoms with E-state index in [9.17, 15) is 4.79 Å². The molecular formula is C14H21IN4O. The maximum atomic E-state index is 11.5. The fourth-order valence-electron chi connectivity index (χ4n) is 1.70. The maximum Gasteiger partial charge on any atom is 0.241 e. The molecule has 1 aliphatic rings. The van der Waals surface area contributed by atoms with E-state index in [2.05, 4.69) is 15.6 Å². The van der Waals surface area contributed by atoms with Crippen molar-refractivity contribution < 1.29 is 4.79 Å². The molecule has 2 rings (SSSR count). The van der Waals surface area contributed by atoms with Gasteiger partial charge >= 0.3 is 0 Å². The van der Waals surface area contributed by atoms with Crippen molar-refractivity contribution in [3.8, 4) is 0 Å². The zero-order chi connectivity index (χ0) is 13.7. The van der Waals surface area contributed by atoms with Crippen molar-refractivity contribution in [2.24, 2.45) is 16.6 Å². The van der Waals surface area contributed by atoms with Crippen LogP contribution in [0.2, 0.25) is 0 Å². The number of nitrogens with zero attached hydrogens (tertiary/aromatic N) is 1. The second-order valence-corrected chi connectivity index (χ2v) is 4.94. The molecule has 5 nitrogen and oxygen atoms in total. The number of guanidine groups is 1. The number of rotatable bonds is 5. The van der Waals surface area contributed by atoms with Crippen molar-refractivity contribution in [1.29, 1.82) is 0 Å². The first-order chi connectivity index (χ1) is 9.13. The third-order valence-electron chi connectivity index (χ3n) is 2.97. The number of nitrogens with one attached hydrogen (secondary N) is 2. The molecule has 1 aromatic carbocycles. The van der Waals surface area contributed by atoms with E-state index in [0.29, 0.717) is 5.92 Å². The van der Waals surface area contributed by atoms with Crippen LogP contribution < -0.4 is 16.4 Å². The van der Waals surface area contributed by atoms with Gasteiger partial charge in [-0.05, 0) is 43.4 Å². The van der Waals surface area contributed by atoms with Crippen molar-refractivity contribution in [1.82, 2.24) is 5.32 Å². The SMILES string of the molecule is Cc1cccc(NC(N)=NCC(=O)NCC2CC2)c1.I. The van der Waals surface area contributed by atoms with Crippen LogP contribution in [-0.4, -0.2) is 25.0 Å². The number of halogens is 1. The summed E-state index contributed by atoms with van der Waals surface area (Å²) in [6, 6.07) is 7.81. The van der Waals surface area contributed by atoms with Gasteiger partial charge in [0.2, 0.25) is 5.91 Å². The van der Waals surface area contributed by atoms with Gasteiger partial charge in [0.1, 0.15) is 6.54 Å². The molecule has 6 heteroatoms. The number of hydrogen-bond acceptors (Lipinski definition) is 2. The zero-order valence-electron chi connectivity index (χ0n) is 11.6. The van der Waals surface area contributed by atoms with E-state index < -0.39 is 0 Å². The van der Waals surface area contributed by atoms with Crippen molar-refractivity contribution in [3.05, 3.63) is 29.8 Å². The van der Waals surface area contributed by atoms with Crippen LogP contribution in [0.15, 0.2) is 29.3 Å². The number of amides is 1. The van der Waals surface area contributed by atoms with Crippen LogP contribution >= 0.6 is 24.0 Å². The Balaban J connectivity index is 0.00000200. The summed E-state index contributed by atoms with van der Waals surface area (Å²) in [7, 11) is 0. The first kappa shape index (κ1) is 16.7. The van der Waals surface area contributed by atoms with Crippen LogP contribution in [0.5, 0.6) is 0 Å². The lowest BCUT2D eigenvalue weighted by atomic mass is 10.2. The van der Waals surface area contributed by atoms with Gasteiger partial charge < -0.3 is 16.4 Å². The zero-order valence-corrected chi connectivity index (χ0v) is 13.9. The summed E-state index contributed by atoms with van der Waals surface area (Å²) in [6.45, 7) is 2.83. The normalized spacial score (nSPS) is 14.3. The van der Waals surface area contributed by atoms with Crippen LogP contribution in [0.3, 0.4) is 0 Å². The Hall–Kier alpha value is -1.31. The Labute approximate surface area is 136 Å². The number of benzene rings is 1. The standard InChI is InChI=1S/C14H20N4O.HI/c1-10-3-2-4-12(7-10)18-14(15)17-9-13(19)16-8-11-5-6-11;/h2-4,7,11H,5-6,8-9H2,1H3,(H,16,19)(H3,15,17,18);1H. The van der Waals surface area contributed by atoms with Gasteiger partial charge in [0.25, 0.3) is 0 Å². The fraction of sp³-hybridized carbons (Fsp3) is 0.429. The molecule has 0 unspecified atom stereocenters. The second kappa shape index (κ2) is 8.08. The van der Waals surface area contributed by atoms with Gasteiger partial charge in [-0.2, -0.15) is 0 Å². The van der Waals surface area contributed by atoms with Gasteiger partial charge in [0.15, 0.2) is 5.96 Å². The molecule has 0 radical (unpaired) electrons. The Morgan fingerprint density at radius 2 is 2.20 bits per heavy atom. The molecule has 0 aliphatic heterocycles. The average Bonchev–Trinajstić information content (AvgIpc) is 3.18. The van der Waals surface area contributed by atoms with Crippen molar-refractivity contribution in [3.63, 3.8) is 0 Å². The van der Waals surface area contributed by atoms with Gasteiger partial charge in [0.05, 0.1) is 0 Å². The summed E-state index contributed by atoms with van der Waals surface area (Å²) < 4.78 is 0. The minimum absolute atomic E-state index is 0. The highest BCUT2D eigenvalue weighted by atomic mass is 127. The molecular weight excluding hydrogens is 367 g/mol. The van der Waals surface area contributed by atoms with Gasteiger partial charge in [-0.25, -0.2) is 4.99 Å². The van der Waals surface area contributed by atoms with Crippen molar-refractivity contribution in [2.75, 3.05) is 18.4 Å². The molecule has 1 amide bonds. The van der Waals surface area contributed by atoms with E-state index in [1.807, 2.05) is 31.2 Å². The predicted octanol–water partition coefficient (Wildman–Crippen LogP) is 1.87. The highest BCUT2D eigenvalue weighted by Gasteiger charge is 2.21. The predicted molar refractivity (Wildman–Crippen MR) is 92.4 cm³/mol. The van der Waals surface area contributed by atoms with Gasteiger partial charge in [-0.3, -0.25) is 4.79 Å². The van der Waals surface area contributed by atoms with Gasteiger partial charge in [-0.1, -0.05) is 12.1 Å². The molecule has 4 N–H and O–H groups in total. The molecule has 1 aromatic rings. The molecule has 0 spiro atoms. The molecule has 0 saturated heterocycles. The van der Waals surface area contributed by atoms with Crippen molar-refractivity contribution >= 4 is 41.5 Å². The summed E-state index contributed by atoms with van der Waals surface area (Å²) in [5.41, 5.74) is 7.74. The lowest BCUT2D eigenvalue weighted by Crippen LogP contribution is -2.30. The largest absolute Gasteiger partial charge is 0.370 e. The number of aliphatic imine (C=N–C) groups is 1. The summed E-state index contributed by atoms with van der Waals surface area (Å²) in [5.74, 6) is 0.851. The van der Waals surface area contributed by atoms with E-state index in [4.69, 9.17) is 5.73 Å². The molecule has 1 aliphatic carbocycles. The van der Waals surface area contributed by atoms with Crippen LogP contribution in [-0.2, 0) is 4.79 Å². The Morgan fingerprint density at radius 1 is 1.45 bits per heavy atom. The van der Waals surface area contributed by atoms with Crippen LogP contribution in [0.1, 0.15) is 18.4 Å². The third kappa shape index (κ3) is 6.23. The van der Waals surface area contributed by atoms with Crippen LogP contribution in [0, 0.1) is 12.8 Å². The van der Waals surface area contributed by atoms with Crippen molar-refractivity contribution in [2.45, 2.75) is 19.8 Å². The molecule has 0 aromatic heterocycles. The van der Waals surface area contributed by atoms with Crippen LogP contribution in [0.4, 0.5) is 5.69 Å². The van der Waals surface area contributed by atoms with Gasteiger partial charge in [-0.15, -0.1) is 24.0 Å². The second-order valence-electron chi connectivity index (χ2n) is 4.94. The number of aryl methyl sites for hydroxylation is 1. The molecule has 0 bridgehead atoms. The fourth-order valence-corrected chi connectivity index (χ4v) is 1.70. The highest BCUT2D eigenvalue weighted by molar-refractivity contribution is 14.0. The van der Waals surface area contributed by atoms with E-state index in [0.717, 1.165) is 17.8 Å². The first-order valence-electron chi connectivity index (χ1n) is 6.54. The van der Waals surface area contributed by atoms with E-state index in [1.165, 1.54) is 12.8 Å². The average molecular weight is 388 g/mol. The number of nitrogens with two attached hydrogens (primary N) is 1. The van der Waals surface area contributed by atoms with E-state index in [-0.39, 0.29) is 42.4 Å². The highest BCUT2D eigenvalue weighted by Crippen LogP contribution is 2.27. The number of carbonyl (C=O) groups excluding carboxylic acids is 1. The summed E-state index contributed by atoms with van der Waals surface area (Å²) >= 11 is 0. The molecule has 0 atom stereocenters. The Morgan fingerprint density at radius 3 is 2.85 bits per heavy atom. The summed E-state index contributed by atoms with van der Waals surface area (Å²) in [4.78, 5) is 15.5. The molecule has 0 heterocycles. The van der Waals surface area contributed by atoms with Gasteiger partial charge in [0, 0.05) is 12.2 Å². The quantitative estimate of drug-likeness (QED) is 0.409. The monoisotopic (exact) mass is 388 g/mol. The lowest BCUT2D eigenvalue weighted by Gasteiger charge is -2.06. The molecule has 1 fully saturated rings. The third-order valence-corrected chi connectivity index (χ3v) is 2.97. The Bertz CT molecular complexity index is 486. The topological polar surface area (TPSA) is 79.5 Å². The lowest BCUT2D eigenvalue weighted by molar-refractivity contribution is -0.119. The minimum Gasteiger partial charge on any atom is -0.370 e. The van der Waals surface area contributed by atoms with E-state index in [1.54, 1.807) is 0 Å². The smallest absolute Gasteiger partial charge is 0.241 e. The van der Waals surface area contributed by atoms with Crippen LogP contribution in [0.25, 0.3) is 0 Å².